The van der Waals surface area contributed by atoms with E-state index in [-0.39, 0.29) is 6.54 Å². The van der Waals surface area contributed by atoms with E-state index >= 15 is 0 Å². The maximum Gasteiger partial charge on any atom is 0.228 e. The maximum absolute atomic E-state index is 11.3. The first-order chi connectivity index (χ1) is 6.47. The molecule has 80 valence electrons. The summed E-state index contributed by atoms with van der Waals surface area (Å²) in [6, 6.07) is 1.75. The number of rotatable bonds is 4. The fraction of sp³-hybridized carbons (Fsp3) is 0.500. The van der Waals surface area contributed by atoms with Crippen molar-refractivity contribution in [2.45, 2.75) is 13.5 Å². The van der Waals surface area contributed by atoms with Gasteiger partial charge in [0.15, 0.2) is 0 Å². The fourth-order valence-electron chi connectivity index (χ4n) is 0.997. The summed E-state index contributed by atoms with van der Waals surface area (Å²) in [6.45, 7) is 2.08. The van der Waals surface area contributed by atoms with E-state index in [4.69, 9.17) is 16.0 Å². The van der Waals surface area contributed by atoms with Gasteiger partial charge < -0.3 is 4.42 Å². The summed E-state index contributed by atoms with van der Waals surface area (Å²) >= 11 is 5.31. The molecular formula is C8H12ClNO3S. The normalized spacial score (nSPS) is 12.3. The zero-order chi connectivity index (χ0) is 10.8. The van der Waals surface area contributed by atoms with Gasteiger partial charge in [-0.25, -0.2) is 8.42 Å². The molecule has 0 aliphatic rings. The van der Waals surface area contributed by atoms with Crippen molar-refractivity contribution in [3.63, 3.8) is 0 Å². The van der Waals surface area contributed by atoms with Crippen LogP contribution in [0.4, 0.5) is 0 Å². The molecule has 0 atom stereocenters. The first-order valence-electron chi connectivity index (χ1n) is 4.00. The van der Waals surface area contributed by atoms with Crippen molar-refractivity contribution in [1.29, 1.82) is 0 Å². The second-order valence-electron chi connectivity index (χ2n) is 2.98. The van der Waals surface area contributed by atoms with Crippen LogP contribution in [0.3, 0.4) is 0 Å². The fourth-order valence-corrected chi connectivity index (χ4v) is 2.00. The highest BCUT2D eigenvalue weighted by molar-refractivity contribution is 7.90. The molecule has 0 fully saturated rings. The molecule has 0 bridgehead atoms. The molecule has 1 aromatic heterocycles. The molecule has 0 aliphatic carbocycles. The van der Waals surface area contributed by atoms with Gasteiger partial charge in [0, 0.05) is 19.2 Å². The van der Waals surface area contributed by atoms with Gasteiger partial charge in [-0.15, -0.1) is 11.6 Å². The molecule has 0 saturated carbocycles. The van der Waals surface area contributed by atoms with E-state index in [1.54, 1.807) is 13.0 Å². The first-order valence-corrected chi connectivity index (χ1v) is 6.14. The zero-order valence-electron chi connectivity index (χ0n) is 8.03. The molecule has 1 rings (SSSR count). The Kier molecular flexibility index (Phi) is 3.58. The molecule has 1 aromatic rings. The van der Waals surface area contributed by atoms with Crippen molar-refractivity contribution in [1.82, 2.24) is 4.31 Å². The Balaban J connectivity index is 2.76. The van der Waals surface area contributed by atoms with Crippen LogP contribution in [0.5, 0.6) is 0 Å². The highest BCUT2D eigenvalue weighted by Crippen LogP contribution is 2.13. The van der Waals surface area contributed by atoms with Crippen molar-refractivity contribution in [3.05, 3.63) is 23.7 Å². The van der Waals surface area contributed by atoms with Crippen LogP contribution in [0, 0.1) is 6.92 Å². The van der Waals surface area contributed by atoms with Crippen LogP contribution < -0.4 is 0 Å². The molecule has 0 saturated heterocycles. The van der Waals surface area contributed by atoms with Gasteiger partial charge in [-0.1, -0.05) is 0 Å². The number of furan rings is 1. The standard InChI is InChI=1S/C8H12ClNO3S/c1-7-8(3-4-13-7)5-10(2)14(11,12)6-9/h3-4H,5-6H2,1-2H3. The lowest BCUT2D eigenvalue weighted by Gasteiger charge is -2.14. The summed E-state index contributed by atoms with van der Waals surface area (Å²) in [5.41, 5.74) is 0.848. The number of nitrogens with zero attached hydrogens (tertiary/aromatic N) is 1. The Labute approximate surface area is 88.5 Å². The third-order valence-electron chi connectivity index (χ3n) is 1.97. The van der Waals surface area contributed by atoms with Crippen LogP contribution in [-0.4, -0.2) is 25.0 Å². The van der Waals surface area contributed by atoms with Crippen LogP contribution in [0.15, 0.2) is 16.7 Å². The summed E-state index contributed by atoms with van der Waals surface area (Å²) in [6.07, 6.45) is 1.53. The molecule has 0 aliphatic heterocycles. The number of hydrogen-bond donors (Lipinski definition) is 0. The van der Waals surface area contributed by atoms with Gasteiger partial charge in [0.05, 0.1) is 6.26 Å². The summed E-state index contributed by atoms with van der Waals surface area (Å²) in [7, 11) is -1.84. The second kappa shape index (κ2) is 4.33. The lowest BCUT2D eigenvalue weighted by atomic mass is 10.3. The van der Waals surface area contributed by atoms with Crippen LogP contribution in [0.1, 0.15) is 11.3 Å². The van der Waals surface area contributed by atoms with Gasteiger partial charge in [-0.2, -0.15) is 4.31 Å². The smallest absolute Gasteiger partial charge is 0.228 e. The lowest BCUT2D eigenvalue weighted by Crippen LogP contribution is -2.27. The van der Waals surface area contributed by atoms with Crippen LogP contribution in [0.25, 0.3) is 0 Å². The van der Waals surface area contributed by atoms with E-state index < -0.39 is 15.2 Å². The Bertz CT molecular complexity index is 398. The third kappa shape index (κ3) is 2.50. The monoisotopic (exact) mass is 237 g/mol. The Morgan fingerprint density at radius 2 is 2.21 bits per heavy atom. The number of alkyl halides is 1. The highest BCUT2D eigenvalue weighted by Gasteiger charge is 2.17. The molecule has 0 unspecified atom stereocenters. The number of aryl methyl sites for hydroxylation is 1. The van der Waals surface area contributed by atoms with Gasteiger partial charge in [-0.05, 0) is 13.0 Å². The van der Waals surface area contributed by atoms with Gasteiger partial charge in [-0.3, -0.25) is 0 Å². The predicted molar refractivity (Wildman–Crippen MR) is 54.6 cm³/mol. The molecule has 0 radical (unpaired) electrons. The molecule has 1 heterocycles. The van der Waals surface area contributed by atoms with E-state index in [2.05, 4.69) is 0 Å². The minimum atomic E-state index is -3.33. The quantitative estimate of drug-likeness (QED) is 0.747. The van der Waals surface area contributed by atoms with E-state index in [0.717, 1.165) is 11.3 Å². The maximum atomic E-state index is 11.3. The average molecular weight is 238 g/mol. The van der Waals surface area contributed by atoms with Crippen LogP contribution >= 0.6 is 11.6 Å². The van der Waals surface area contributed by atoms with Crippen molar-refractivity contribution in [3.8, 4) is 0 Å². The van der Waals surface area contributed by atoms with Crippen LogP contribution in [0.2, 0.25) is 0 Å². The summed E-state index contributed by atoms with van der Waals surface area (Å²) < 4.78 is 28.9. The van der Waals surface area contributed by atoms with Gasteiger partial charge >= 0.3 is 0 Å². The van der Waals surface area contributed by atoms with Gasteiger partial charge in [0.2, 0.25) is 10.0 Å². The topological polar surface area (TPSA) is 50.5 Å². The van der Waals surface area contributed by atoms with Crippen molar-refractivity contribution >= 4 is 21.6 Å². The number of halogens is 1. The van der Waals surface area contributed by atoms with E-state index in [0.29, 0.717) is 0 Å². The molecular weight excluding hydrogens is 226 g/mol. The van der Waals surface area contributed by atoms with Gasteiger partial charge in [0.25, 0.3) is 0 Å². The summed E-state index contributed by atoms with van der Waals surface area (Å²) in [5.74, 6) is 0.724. The van der Waals surface area contributed by atoms with Gasteiger partial charge in [0.1, 0.15) is 11.0 Å². The third-order valence-corrected chi connectivity index (χ3v) is 4.15. The second-order valence-corrected chi connectivity index (χ2v) is 5.64. The first kappa shape index (κ1) is 11.6. The lowest BCUT2D eigenvalue weighted by molar-refractivity contribution is 0.462. The summed E-state index contributed by atoms with van der Waals surface area (Å²) in [5, 5.41) is -0.402. The molecule has 0 spiro atoms. The minimum Gasteiger partial charge on any atom is -0.469 e. The zero-order valence-corrected chi connectivity index (χ0v) is 9.60. The molecule has 0 aromatic carbocycles. The highest BCUT2D eigenvalue weighted by atomic mass is 35.5. The number of hydrogen-bond acceptors (Lipinski definition) is 3. The largest absolute Gasteiger partial charge is 0.469 e. The minimum absolute atomic E-state index is 0.289. The Morgan fingerprint density at radius 3 is 2.64 bits per heavy atom. The van der Waals surface area contributed by atoms with E-state index in [1.165, 1.54) is 17.6 Å². The van der Waals surface area contributed by atoms with Crippen LogP contribution in [-0.2, 0) is 16.6 Å². The average Bonchev–Trinajstić information content (AvgIpc) is 2.52. The molecule has 4 nitrogen and oxygen atoms in total. The van der Waals surface area contributed by atoms with E-state index in [9.17, 15) is 8.42 Å². The predicted octanol–water partition coefficient (Wildman–Crippen LogP) is 1.55. The summed E-state index contributed by atoms with van der Waals surface area (Å²) in [4.78, 5) is 0. The van der Waals surface area contributed by atoms with Crippen molar-refractivity contribution in [2.75, 3.05) is 12.3 Å². The molecule has 0 N–H and O–H groups in total. The van der Waals surface area contributed by atoms with Crippen molar-refractivity contribution < 1.29 is 12.8 Å². The van der Waals surface area contributed by atoms with E-state index in [1.807, 2.05) is 0 Å². The molecule has 0 amide bonds. The van der Waals surface area contributed by atoms with Crippen molar-refractivity contribution in [2.24, 2.45) is 0 Å². The molecule has 14 heavy (non-hydrogen) atoms. The molecule has 6 heteroatoms. The Hall–Kier alpha value is -0.520. The SMILES string of the molecule is Cc1occc1CN(C)S(=O)(=O)CCl. The number of sulfonamides is 1. The Morgan fingerprint density at radius 1 is 1.57 bits per heavy atom.